The van der Waals surface area contributed by atoms with Crippen LogP contribution in [0.3, 0.4) is 0 Å². The lowest BCUT2D eigenvalue weighted by atomic mass is 9.96. The predicted molar refractivity (Wildman–Crippen MR) is 108 cm³/mol. The van der Waals surface area contributed by atoms with E-state index in [-0.39, 0.29) is 0 Å². The zero-order valence-corrected chi connectivity index (χ0v) is 16.7. The summed E-state index contributed by atoms with van der Waals surface area (Å²) in [6.45, 7) is 11.1. The second-order valence-electron chi connectivity index (χ2n) is 6.92. The summed E-state index contributed by atoms with van der Waals surface area (Å²) in [5.41, 5.74) is 3.89. The summed E-state index contributed by atoms with van der Waals surface area (Å²) in [5, 5.41) is 16.3. The second-order valence-corrected chi connectivity index (χ2v) is 6.92. The monoisotopic (exact) mass is 365 g/mol. The van der Waals surface area contributed by atoms with Gasteiger partial charge in [-0.1, -0.05) is 25.1 Å². The molecule has 0 aliphatic carbocycles. The van der Waals surface area contributed by atoms with Crippen molar-refractivity contribution < 1.29 is 4.74 Å². The molecule has 0 unspecified atom stereocenters. The number of tetrazole rings is 1. The maximum atomic E-state index is 5.53. The van der Waals surface area contributed by atoms with E-state index in [2.05, 4.69) is 66.7 Å². The summed E-state index contributed by atoms with van der Waals surface area (Å²) in [6.07, 6.45) is 0.825. The van der Waals surface area contributed by atoms with E-state index in [1.165, 1.54) is 0 Å². The van der Waals surface area contributed by atoms with Crippen molar-refractivity contribution >= 4 is 5.69 Å². The van der Waals surface area contributed by atoms with Crippen LogP contribution in [0.25, 0.3) is 5.69 Å². The van der Waals surface area contributed by atoms with E-state index in [0.29, 0.717) is 6.61 Å². The Hall–Kier alpha value is -2.89. The van der Waals surface area contributed by atoms with Gasteiger partial charge in [0.2, 0.25) is 0 Å². The van der Waals surface area contributed by atoms with Gasteiger partial charge in [-0.15, -0.1) is 5.10 Å². The van der Waals surface area contributed by atoms with E-state index in [1.807, 2.05) is 35.9 Å². The molecule has 142 valence electrons. The van der Waals surface area contributed by atoms with Gasteiger partial charge in [-0.2, -0.15) is 4.68 Å². The molecule has 0 fully saturated rings. The lowest BCUT2D eigenvalue weighted by Gasteiger charge is -2.30. The Bertz CT molecular complexity index is 883. The molecule has 0 spiro atoms. The minimum absolute atomic E-state index is 0.425. The highest BCUT2D eigenvalue weighted by Crippen LogP contribution is 2.31. The molecule has 1 heterocycles. The van der Waals surface area contributed by atoms with Crippen LogP contribution in [-0.4, -0.2) is 26.8 Å². The van der Waals surface area contributed by atoms with Crippen molar-refractivity contribution in [1.29, 1.82) is 0 Å². The minimum atomic E-state index is -0.425. The summed E-state index contributed by atoms with van der Waals surface area (Å²) in [7, 11) is 0. The third kappa shape index (κ3) is 3.79. The van der Waals surface area contributed by atoms with Gasteiger partial charge < -0.3 is 10.1 Å². The molecule has 0 aliphatic rings. The lowest BCUT2D eigenvalue weighted by molar-refractivity contribution is 0.340. The number of aryl methyl sites for hydroxylation is 2. The van der Waals surface area contributed by atoms with E-state index in [9.17, 15) is 0 Å². The fraction of sp³-hybridized carbons (Fsp3) is 0.381. The van der Waals surface area contributed by atoms with Crippen molar-refractivity contribution in [2.75, 3.05) is 11.9 Å². The molecule has 3 aromatic rings. The molecule has 3 rings (SSSR count). The quantitative estimate of drug-likeness (QED) is 0.672. The average molecular weight is 365 g/mol. The first-order chi connectivity index (χ1) is 13.0. The molecule has 0 saturated heterocycles. The van der Waals surface area contributed by atoms with Crippen LogP contribution in [0.1, 0.15) is 44.1 Å². The highest BCUT2D eigenvalue weighted by atomic mass is 16.5. The number of hydrogen-bond acceptors (Lipinski definition) is 5. The number of ether oxygens (including phenoxy) is 1. The molecule has 27 heavy (non-hydrogen) atoms. The van der Waals surface area contributed by atoms with Gasteiger partial charge in [-0.05, 0) is 79.9 Å². The van der Waals surface area contributed by atoms with E-state index in [4.69, 9.17) is 4.74 Å². The highest BCUT2D eigenvalue weighted by molar-refractivity contribution is 5.51. The van der Waals surface area contributed by atoms with Crippen molar-refractivity contribution in [1.82, 2.24) is 20.2 Å². The predicted octanol–water partition coefficient (Wildman–Crippen LogP) is 4.42. The van der Waals surface area contributed by atoms with Crippen LogP contribution in [0.5, 0.6) is 5.75 Å². The molecule has 0 radical (unpaired) electrons. The van der Waals surface area contributed by atoms with Crippen LogP contribution in [0.15, 0.2) is 42.5 Å². The molecule has 6 nitrogen and oxygen atoms in total. The topological polar surface area (TPSA) is 64.9 Å². The summed E-state index contributed by atoms with van der Waals surface area (Å²) >= 11 is 0. The van der Waals surface area contributed by atoms with Gasteiger partial charge in [0.15, 0.2) is 5.82 Å². The van der Waals surface area contributed by atoms with Crippen LogP contribution >= 0.6 is 0 Å². The van der Waals surface area contributed by atoms with Crippen molar-refractivity contribution in [3.8, 4) is 11.4 Å². The van der Waals surface area contributed by atoms with Crippen LogP contribution in [0.2, 0.25) is 0 Å². The van der Waals surface area contributed by atoms with Gasteiger partial charge in [0.05, 0.1) is 17.8 Å². The van der Waals surface area contributed by atoms with E-state index >= 15 is 0 Å². The zero-order valence-electron chi connectivity index (χ0n) is 16.7. The van der Waals surface area contributed by atoms with Crippen LogP contribution < -0.4 is 10.1 Å². The first-order valence-electron chi connectivity index (χ1n) is 9.35. The molecule has 0 saturated carbocycles. The van der Waals surface area contributed by atoms with Gasteiger partial charge in [0, 0.05) is 5.69 Å². The van der Waals surface area contributed by atoms with Crippen molar-refractivity contribution in [2.45, 2.75) is 46.6 Å². The number of nitrogens with zero attached hydrogens (tertiary/aromatic N) is 4. The summed E-state index contributed by atoms with van der Waals surface area (Å²) in [6, 6.07) is 14.2. The van der Waals surface area contributed by atoms with Crippen LogP contribution in [-0.2, 0) is 5.54 Å². The van der Waals surface area contributed by atoms with Gasteiger partial charge in [-0.3, -0.25) is 0 Å². The maximum absolute atomic E-state index is 5.53. The number of hydrogen-bond donors (Lipinski definition) is 1. The zero-order chi connectivity index (χ0) is 19.4. The third-order valence-electron chi connectivity index (χ3n) is 4.91. The van der Waals surface area contributed by atoms with Crippen molar-refractivity contribution in [2.24, 2.45) is 0 Å². The minimum Gasteiger partial charge on any atom is -0.494 e. The van der Waals surface area contributed by atoms with Gasteiger partial charge in [-0.25, -0.2) is 0 Å². The Morgan fingerprint density at radius 1 is 1.04 bits per heavy atom. The van der Waals surface area contributed by atoms with Crippen LogP contribution in [0, 0.1) is 13.8 Å². The standard InChI is InChI=1S/C21H27N5O/c1-6-21(5,22-17-11-13-18(14-12-17)27-7-2)20-23-24-25-26(20)19-15(3)9-8-10-16(19)4/h8-14,22H,6-7H2,1-5H3/t21-/m1/s1. The molecule has 1 N–H and O–H groups in total. The first-order valence-corrected chi connectivity index (χ1v) is 9.35. The Morgan fingerprint density at radius 2 is 1.70 bits per heavy atom. The average Bonchev–Trinajstić information content (AvgIpc) is 3.13. The molecule has 6 heteroatoms. The largest absolute Gasteiger partial charge is 0.494 e. The normalized spacial score (nSPS) is 13.2. The molecule has 1 atom stereocenters. The maximum Gasteiger partial charge on any atom is 0.181 e. The fourth-order valence-electron chi connectivity index (χ4n) is 3.24. The Morgan fingerprint density at radius 3 is 2.30 bits per heavy atom. The molecule has 0 aliphatic heterocycles. The number of anilines is 1. The molecular formula is C21H27N5O. The number of rotatable bonds is 7. The summed E-state index contributed by atoms with van der Waals surface area (Å²) < 4.78 is 7.39. The summed E-state index contributed by atoms with van der Waals surface area (Å²) in [4.78, 5) is 0. The Kier molecular flexibility index (Phi) is 5.44. The van der Waals surface area contributed by atoms with Gasteiger partial charge >= 0.3 is 0 Å². The lowest BCUT2D eigenvalue weighted by Crippen LogP contribution is -2.34. The van der Waals surface area contributed by atoms with E-state index in [0.717, 1.165) is 40.5 Å². The number of aromatic nitrogens is 4. The molecule has 0 amide bonds. The third-order valence-corrected chi connectivity index (χ3v) is 4.91. The Balaban J connectivity index is 1.97. The highest BCUT2D eigenvalue weighted by Gasteiger charge is 2.32. The SMILES string of the molecule is CCOc1ccc(N[C@](C)(CC)c2nnnn2-c2c(C)cccc2C)cc1. The molecule has 2 aromatic carbocycles. The summed E-state index contributed by atoms with van der Waals surface area (Å²) in [5.74, 6) is 1.65. The molecule has 0 bridgehead atoms. The van der Waals surface area contributed by atoms with Crippen molar-refractivity contribution in [3.63, 3.8) is 0 Å². The van der Waals surface area contributed by atoms with E-state index in [1.54, 1.807) is 0 Å². The first kappa shape index (κ1) is 18.9. The van der Waals surface area contributed by atoms with Crippen LogP contribution in [0.4, 0.5) is 5.69 Å². The number of benzene rings is 2. The number of nitrogens with one attached hydrogen (secondary N) is 1. The smallest absolute Gasteiger partial charge is 0.181 e. The fourth-order valence-corrected chi connectivity index (χ4v) is 3.24. The molecule has 1 aromatic heterocycles. The second kappa shape index (κ2) is 7.78. The molecular weight excluding hydrogens is 338 g/mol. The van der Waals surface area contributed by atoms with E-state index < -0.39 is 5.54 Å². The van der Waals surface area contributed by atoms with Crippen molar-refractivity contribution in [3.05, 3.63) is 59.4 Å². The van der Waals surface area contributed by atoms with Gasteiger partial charge in [0.1, 0.15) is 5.75 Å². The Labute approximate surface area is 160 Å². The van der Waals surface area contributed by atoms with Gasteiger partial charge in [0.25, 0.3) is 0 Å². The number of para-hydroxylation sites is 1.